The lowest BCUT2D eigenvalue weighted by molar-refractivity contribution is -0.870. The molecule has 0 saturated carbocycles. The molecule has 0 heterocycles. The SMILES string of the molecule is CC/C=C\C/C=C\C/C=C\C/C=C\C/C=C\C/C=C\C/C=C\C/C=C\C/C=C\C/C=C\CCCCCCCCCCC(=O)NC(COP(=O)([O-])OCC[N+](C)(C)C)C(O)CCCCCCCCCCCCCCCCCCCCCCCCCCCC. The topological polar surface area (TPSA) is 108 Å². The van der Waals surface area contributed by atoms with Gasteiger partial charge >= 0.3 is 0 Å². The minimum absolute atomic E-state index is 0.00555. The fraction of sp³-hybridized carbons (Fsp3) is 0.731. The van der Waals surface area contributed by atoms with Crippen LogP contribution in [0.1, 0.15) is 316 Å². The first-order valence-electron chi connectivity index (χ1n) is 36.4. The van der Waals surface area contributed by atoms with Crippen LogP contribution in [0.25, 0.3) is 0 Å². The van der Waals surface area contributed by atoms with Gasteiger partial charge in [-0.3, -0.25) is 9.36 Å². The molecule has 0 aromatic carbocycles. The molecule has 1 amide bonds. The number of unbranched alkanes of at least 4 members (excludes halogenated alkanes) is 33. The van der Waals surface area contributed by atoms with E-state index in [9.17, 15) is 19.4 Å². The number of allylic oxidation sites excluding steroid dienone is 20. The van der Waals surface area contributed by atoms with Crippen molar-refractivity contribution < 1.29 is 32.9 Å². The van der Waals surface area contributed by atoms with Crippen LogP contribution in [0.3, 0.4) is 0 Å². The van der Waals surface area contributed by atoms with Crippen molar-refractivity contribution in [1.82, 2.24) is 5.32 Å². The maximum atomic E-state index is 13.1. The second-order valence-electron chi connectivity index (χ2n) is 25.6. The third-order valence-electron chi connectivity index (χ3n) is 16.0. The predicted molar refractivity (Wildman–Crippen MR) is 380 cm³/mol. The Hall–Kier alpha value is -3.10. The highest BCUT2D eigenvalue weighted by atomic mass is 31.2. The average Bonchev–Trinajstić information content (AvgIpc) is 3.69. The lowest BCUT2D eigenvalue weighted by Crippen LogP contribution is -2.46. The summed E-state index contributed by atoms with van der Waals surface area (Å²) < 4.78 is 23.5. The quantitative estimate of drug-likeness (QED) is 0.0272. The van der Waals surface area contributed by atoms with E-state index in [-0.39, 0.29) is 19.1 Å². The van der Waals surface area contributed by atoms with Gasteiger partial charge in [0.25, 0.3) is 7.82 Å². The first kappa shape index (κ1) is 83.9. The molecule has 0 aliphatic heterocycles. The summed E-state index contributed by atoms with van der Waals surface area (Å²) in [6.45, 7) is 4.63. The van der Waals surface area contributed by atoms with Gasteiger partial charge in [-0.05, 0) is 89.9 Å². The zero-order valence-electron chi connectivity index (χ0n) is 57.4. The van der Waals surface area contributed by atoms with Gasteiger partial charge in [0.05, 0.1) is 39.9 Å². The summed E-state index contributed by atoms with van der Waals surface area (Å²) in [5, 5.41) is 14.1. The van der Waals surface area contributed by atoms with Crippen LogP contribution in [0.5, 0.6) is 0 Å². The Kier molecular flexibility index (Phi) is 64.9. The minimum atomic E-state index is -4.59. The zero-order valence-corrected chi connectivity index (χ0v) is 58.3. The average molecular weight is 1230 g/mol. The normalized spacial score (nSPS) is 14.3. The smallest absolute Gasteiger partial charge is 0.268 e. The Morgan fingerprint density at radius 1 is 0.414 bits per heavy atom. The Balaban J connectivity index is 4.10. The number of hydrogen-bond acceptors (Lipinski definition) is 6. The lowest BCUT2D eigenvalue weighted by atomic mass is 10.0. The standard InChI is InChI=1S/C78H139N2O6P/c1-6-8-10-12-14-16-18-20-22-24-26-28-30-32-34-35-36-37-38-39-40-41-42-43-44-45-46-48-50-52-54-56-58-60-62-64-66-68-70-72-78(82)79-76(75-86-87(83,84)85-74-73-80(3,4)5)77(81)71-69-67-65-63-61-59-57-55-53-51-49-47-33-31-29-27-25-23-21-19-17-15-13-11-9-7-2/h8,10,14,16,20,22,26,28,32,34,36-37,39-40,42-43,45-46,50,52,76-77,81H,6-7,9,11-13,15,17-19,21,23-25,27,29-31,33,35,38,41,44,47-49,51,53-75H2,1-5H3,(H-,79,82,83,84)/b10-8-,16-14-,22-20-,28-26-,34-32-,37-36-,40-39-,43-42-,46-45-,52-50-. The van der Waals surface area contributed by atoms with E-state index in [0.717, 1.165) is 109 Å². The van der Waals surface area contributed by atoms with Crippen molar-refractivity contribution in [1.29, 1.82) is 0 Å². The van der Waals surface area contributed by atoms with Gasteiger partial charge in [-0.25, -0.2) is 0 Å². The first-order valence-corrected chi connectivity index (χ1v) is 37.8. The monoisotopic (exact) mass is 1230 g/mol. The molecule has 0 aromatic heterocycles. The fourth-order valence-corrected chi connectivity index (χ4v) is 11.1. The summed E-state index contributed by atoms with van der Waals surface area (Å²) in [5.74, 6) is -0.174. The number of likely N-dealkylation sites (N-methyl/N-ethyl adjacent to an activating group) is 1. The maximum Gasteiger partial charge on any atom is 0.268 e. The van der Waals surface area contributed by atoms with E-state index in [4.69, 9.17) is 9.05 Å². The maximum absolute atomic E-state index is 13.1. The number of nitrogens with zero attached hydrogens (tertiary/aromatic N) is 1. The van der Waals surface area contributed by atoms with Crippen molar-refractivity contribution in [2.75, 3.05) is 40.9 Å². The van der Waals surface area contributed by atoms with Crippen LogP contribution in [0.2, 0.25) is 0 Å². The van der Waals surface area contributed by atoms with E-state index in [1.807, 2.05) is 21.1 Å². The van der Waals surface area contributed by atoms with Crippen molar-refractivity contribution in [2.24, 2.45) is 0 Å². The van der Waals surface area contributed by atoms with Gasteiger partial charge in [0.2, 0.25) is 5.91 Å². The van der Waals surface area contributed by atoms with Gasteiger partial charge in [0.1, 0.15) is 13.2 Å². The molecule has 0 spiro atoms. The van der Waals surface area contributed by atoms with Crippen molar-refractivity contribution >= 4 is 13.7 Å². The Labute approximate surface area is 539 Å². The Morgan fingerprint density at radius 2 is 0.701 bits per heavy atom. The summed E-state index contributed by atoms with van der Waals surface area (Å²) in [4.78, 5) is 25.7. The van der Waals surface area contributed by atoms with E-state index < -0.39 is 20.0 Å². The molecule has 0 aliphatic rings. The molecule has 0 fully saturated rings. The number of aliphatic hydroxyl groups is 1. The molecule has 3 atom stereocenters. The molecule has 0 aliphatic carbocycles. The van der Waals surface area contributed by atoms with Crippen molar-refractivity contribution in [3.8, 4) is 0 Å². The van der Waals surface area contributed by atoms with Crippen LogP contribution in [0.4, 0.5) is 0 Å². The Bertz CT molecular complexity index is 1840. The van der Waals surface area contributed by atoms with Gasteiger partial charge in [-0.1, -0.05) is 341 Å². The highest BCUT2D eigenvalue weighted by Gasteiger charge is 2.24. The summed E-state index contributed by atoms with van der Waals surface area (Å²) in [6, 6.07) is -0.815. The summed E-state index contributed by atoms with van der Waals surface area (Å²) >= 11 is 0. The molecule has 3 unspecified atom stereocenters. The Morgan fingerprint density at radius 3 is 1.02 bits per heavy atom. The summed E-state index contributed by atoms with van der Waals surface area (Å²) in [7, 11) is 1.29. The minimum Gasteiger partial charge on any atom is -0.756 e. The van der Waals surface area contributed by atoms with E-state index in [1.165, 1.54) is 180 Å². The number of aliphatic hydroxyl groups excluding tert-OH is 1. The lowest BCUT2D eigenvalue weighted by Gasteiger charge is -2.30. The number of quaternary nitrogens is 1. The van der Waals surface area contributed by atoms with Crippen LogP contribution in [0, 0.1) is 0 Å². The van der Waals surface area contributed by atoms with Crippen LogP contribution >= 0.6 is 7.82 Å². The molecule has 0 radical (unpaired) electrons. The predicted octanol–water partition coefficient (Wildman–Crippen LogP) is 23.0. The van der Waals surface area contributed by atoms with Gasteiger partial charge < -0.3 is 28.8 Å². The first-order chi connectivity index (χ1) is 42.5. The van der Waals surface area contributed by atoms with Crippen LogP contribution < -0.4 is 10.2 Å². The molecule has 0 rings (SSSR count). The second kappa shape index (κ2) is 67.3. The molecule has 502 valence electrons. The number of phosphoric ester groups is 1. The molecule has 9 heteroatoms. The summed E-state index contributed by atoms with van der Waals surface area (Å²) in [6.07, 6.45) is 99.9. The number of rotatable bonds is 66. The van der Waals surface area contributed by atoms with E-state index in [2.05, 4.69) is 141 Å². The number of carbonyl (C=O) groups is 1. The second-order valence-corrected chi connectivity index (χ2v) is 27.0. The third kappa shape index (κ3) is 70.2. The van der Waals surface area contributed by atoms with Gasteiger partial charge in [0, 0.05) is 6.42 Å². The molecule has 87 heavy (non-hydrogen) atoms. The molecular formula is C78H139N2O6P. The molecule has 0 bridgehead atoms. The van der Waals surface area contributed by atoms with Gasteiger partial charge in [-0.15, -0.1) is 0 Å². The van der Waals surface area contributed by atoms with Crippen molar-refractivity contribution in [2.45, 2.75) is 328 Å². The molecule has 0 aromatic rings. The number of amides is 1. The van der Waals surface area contributed by atoms with Crippen LogP contribution in [-0.4, -0.2) is 68.5 Å². The number of phosphoric acid groups is 1. The van der Waals surface area contributed by atoms with Crippen molar-refractivity contribution in [3.63, 3.8) is 0 Å². The van der Waals surface area contributed by atoms with E-state index >= 15 is 0 Å². The number of nitrogens with one attached hydrogen (secondary N) is 1. The van der Waals surface area contributed by atoms with E-state index in [0.29, 0.717) is 23.9 Å². The molecule has 0 saturated heterocycles. The van der Waals surface area contributed by atoms with Crippen LogP contribution in [-0.2, 0) is 18.4 Å². The van der Waals surface area contributed by atoms with Gasteiger partial charge in [0.15, 0.2) is 0 Å². The highest BCUT2D eigenvalue weighted by Crippen LogP contribution is 2.38. The summed E-state index contributed by atoms with van der Waals surface area (Å²) in [5.41, 5.74) is 0. The number of carbonyl (C=O) groups excluding carboxylic acids is 1. The van der Waals surface area contributed by atoms with E-state index in [1.54, 1.807) is 0 Å². The molecule has 8 nitrogen and oxygen atoms in total. The fourth-order valence-electron chi connectivity index (χ4n) is 10.4. The molecular weight excluding hydrogens is 1090 g/mol. The third-order valence-corrected chi connectivity index (χ3v) is 16.9. The molecule has 2 N–H and O–H groups in total. The largest absolute Gasteiger partial charge is 0.756 e. The highest BCUT2D eigenvalue weighted by molar-refractivity contribution is 7.45. The van der Waals surface area contributed by atoms with Crippen LogP contribution in [0.15, 0.2) is 122 Å². The number of hydrogen-bond donors (Lipinski definition) is 2. The van der Waals surface area contributed by atoms with Gasteiger partial charge in [-0.2, -0.15) is 0 Å². The van der Waals surface area contributed by atoms with Crippen molar-refractivity contribution in [3.05, 3.63) is 122 Å². The zero-order chi connectivity index (χ0) is 63.4.